The number of aliphatic hydroxyl groups excluding tert-OH is 1. The van der Waals surface area contributed by atoms with Crippen molar-refractivity contribution < 1.29 is 5.11 Å². The normalized spacial score (nSPS) is 14.6. The second kappa shape index (κ2) is 7.27. The molecule has 0 fully saturated rings. The van der Waals surface area contributed by atoms with Gasteiger partial charge in [-0.15, -0.1) is 11.8 Å². The van der Waals surface area contributed by atoms with Crippen LogP contribution in [-0.4, -0.2) is 29.5 Å². The zero-order chi connectivity index (χ0) is 12.7. The van der Waals surface area contributed by atoms with Gasteiger partial charge in [-0.25, -0.2) is 0 Å². The summed E-state index contributed by atoms with van der Waals surface area (Å²) in [5, 5.41) is 13.6. The van der Waals surface area contributed by atoms with Crippen LogP contribution in [0.15, 0.2) is 29.2 Å². The van der Waals surface area contributed by atoms with Gasteiger partial charge in [-0.3, -0.25) is 0 Å². The molecule has 0 radical (unpaired) electrons. The summed E-state index contributed by atoms with van der Waals surface area (Å²) in [5.74, 6) is 0.799. The fraction of sp³-hybridized carbons (Fsp3) is 0.538. The van der Waals surface area contributed by atoms with Gasteiger partial charge in [0.15, 0.2) is 0 Å². The molecule has 2 N–H and O–H groups in total. The maximum atomic E-state index is 9.45. The van der Waals surface area contributed by atoms with Gasteiger partial charge in [0.05, 0.1) is 11.6 Å². The molecule has 0 aliphatic heterocycles. The first-order chi connectivity index (χ1) is 8.11. The highest BCUT2D eigenvalue weighted by Gasteiger charge is 2.22. The molecule has 0 saturated carbocycles. The fourth-order valence-electron chi connectivity index (χ4n) is 1.38. The summed E-state index contributed by atoms with van der Waals surface area (Å²) in [7, 11) is 0. The second-order valence-corrected chi connectivity index (χ2v) is 5.79. The standard InChI is InChI=1S/C13H20ClNOS/c1-3-8-15-13(2,9-16)10-17-12-7-5-4-6-11(12)14/h4-7,15-16H,3,8-10H2,1-2H3. The van der Waals surface area contributed by atoms with Crippen molar-refractivity contribution in [2.75, 3.05) is 18.9 Å². The third kappa shape index (κ3) is 4.88. The first kappa shape index (κ1) is 14.8. The van der Waals surface area contributed by atoms with E-state index in [1.807, 2.05) is 31.2 Å². The van der Waals surface area contributed by atoms with E-state index in [0.29, 0.717) is 0 Å². The molecule has 1 atom stereocenters. The Balaban J connectivity index is 2.55. The van der Waals surface area contributed by atoms with E-state index in [1.54, 1.807) is 11.8 Å². The molecule has 17 heavy (non-hydrogen) atoms. The fourth-order valence-corrected chi connectivity index (χ4v) is 2.73. The number of thioether (sulfide) groups is 1. The monoisotopic (exact) mass is 273 g/mol. The Kier molecular flexibility index (Phi) is 6.34. The summed E-state index contributed by atoms with van der Waals surface area (Å²) in [5.41, 5.74) is -0.250. The summed E-state index contributed by atoms with van der Waals surface area (Å²) in [6.45, 7) is 5.20. The third-order valence-corrected chi connectivity index (χ3v) is 4.42. The Morgan fingerprint density at radius 1 is 1.41 bits per heavy atom. The van der Waals surface area contributed by atoms with E-state index in [0.717, 1.165) is 28.6 Å². The van der Waals surface area contributed by atoms with Crippen LogP contribution >= 0.6 is 23.4 Å². The number of rotatable bonds is 7. The molecule has 0 spiro atoms. The quantitative estimate of drug-likeness (QED) is 0.749. The highest BCUT2D eigenvalue weighted by Crippen LogP contribution is 2.29. The van der Waals surface area contributed by atoms with E-state index in [9.17, 15) is 5.11 Å². The molecule has 1 rings (SSSR count). The van der Waals surface area contributed by atoms with Crippen LogP contribution in [0.4, 0.5) is 0 Å². The Morgan fingerprint density at radius 3 is 2.71 bits per heavy atom. The summed E-state index contributed by atoms with van der Waals surface area (Å²) in [6, 6.07) is 7.79. The Labute approximate surface area is 113 Å². The largest absolute Gasteiger partial charge is 0.394 e. The van der Waals surface area contributed by atoms with E-state index in [-0.39, 0.29) is 12.1 Å². The van der Waals surface area contributed by atoms with E-state index < -0.39 is 0 Å². The number of halogens is 1. The maximum absolute atomic E-state index is 9.45. The van der Waals surface area contributed by atoms with Crippen molar-refractivity contribution in [2.45, 2.75) is 30.7 Å². The van der Waals surface area contributed by atoms with Crippen LogP contribution < -0.4 is 5.32 Å². The molecule has 0 aromatic heterocycles. The van der Waals surface area contributed by atoms with Gasteiger partial charge in [-0.2, -0.15) is 0 Å². The third-order valence-electron chi connectivity index (χ3n) is 2.53. The molecule has 0 aliphatic carbocycles. The van der Waals surface area contributed by atoms with Gasteiger partial charge in [-0.1, -0.05) is 30.7 Å². The molecule has 96 valence electrons. The van der Waals surface area contributed by atoms with E-state index >= 15 is 0 Å². The SMILES string of the molecule is CCCNC(C)(CO)CSc1ccccc1Cl. The minimum absolute atomic E-state index is 0.129. The molecule has 0 bridgehead atoms. The Morgan fingerprint density at radius 2 is 2.12 bits per heavy atom. The summed E-state index contributed by atoms with van der Waals surface area (Å²) < 4.78 is 0. The first-order valence-corrected chi connectivity index (χ1v) is 7.21. The van der Waals surface area contributed by atoms with Gasteiger partial charge in [-0.05, 0) is 32.0 Å². The van der Waals surface area contributed by atoms with Crippen molar-refractivity contribution in [2.24, 2.45) is 0 Å². The number of hydrogen-bond acceptors (Lipinski definition) is 3. The lowest BCUT2D eigenvalue weighted by atomic mass is 10.1. The van der Waals surface area contributed by atoms with Gasteiger partial charge in [0.2, 0.25) is 0 Å². The lowest BCUT2D eigenvalue weighted by Gasteiger charge is -2.28. The molecular formula is C13H20ClNOS. The molecule has 0 saturated heterocycles. The van der Waals surface area contributed by atoms with Crippen molar-refractivity contribution in [3.05, 3.63) is 29.3 Å². The van der Waals surface area contributed by atoms with Gasteiger partial charge in [0.25, 0.3) is 0 Å². The van der Waals surface area contributed by atoms with Crippen LogP contribution in [0.3, 0.4) is 0 Å². The van der Waals surface area contributed by atoms with Crippen LogP contribution in [0.2, 0.25) is 5.02 Å². The average molecular weight is 274 g/mol. The number of benzene rings is 1. The predicted molar refractivity (Wildman–Crippen MR) is 76.0 cm³/mol. The highest BCUT2D eigenvalue weighted by molar-refractivity contribution is 7.99. The van der Waals surface area contributed by atoms with Gasteiger partial charge in [0, 0.05) is 16.2 Å². The van der Waals surface area contributed by atoms with Gasteiger partial charge < -0.3 is 10.4 Å². The van der Waals surface area contributed by atoms with Crippen molar-refractivity contribution in [1.82, 2.24) is 5.32 Å². The van der Waals surface area contributed by atoms with Crippen molar-refractivity contribution >= 4 is 23.4 Å². The van der Waals surface area contributed by atoms with Gasteiger partial charge >= 0.3 is 0 Å². The zero-order valence-electron chi connectivity index (χ0n) is 10.4. The Hall–Kier alpha value is -0.220. The van der Waals surface area contributed by atoms with Crippen molar-refractivity contribution in [3.8, 4) is 0 Å². The number of hydrogen-bond donors (Lipinski definition) is 2. The molecule has 1 unspecified atom stereocenters. The highest BCUT2D eigenvalue weighted by atomic mass is 35.5. The predicted octanol–water partition coefficient (Wildman–Crippen LogP) is 3.18. The smallest absolute Gasteiger partial charge is 0.0618 e. The minimum Gasteiger partial charge on any atom is -0.394 e. The number of aliphatic hydroxyl groups is 1. The second-order valence-electron chi connectivity index (χ2n) is 4.36. The molecule has 1 aromatic rings. The van der Waals surface area contributed by atoms with Crippen LogP contribution in [0.25, 0.3) is 0 Å². The van der Waals surface area contributed by atoms with Crippen LogP contribution in [0.5, 0.6) is 0 Å². The van der Waals surface area contributed by atoms with Crippen LogP contribution in [0.1, 0.15) is 20.3 Å². The molecule has 0 amide bonds. The molecule has 1 aromatic carbocycles. The van der Waals surface area contributed by atoms with E-state index in [2.05, 4.69) is 12.2 Å². The molecule has 4 heteroatoms. The first-order valence-electron chi connectivity index (χ1n) is 5.84. The molecule has 0 aliphatic rings. The molecular weight excluding hydrogens is 254 g/mol. The van der Waals surface area contributed by atoms with Crippen LogP contribution in [0, 0.1) is 0 Å². The summed E-state index contributed by atoms with van der Waals surface area (Å²) in [4.78, 5) is 1.06. The van der Waals surface area contributed by atoms with Crippen LogP contribution in [-0.2, 0) is 0 Å². The molecule has 0 heterocycles. The summed E-state index contributed by atoms with van der Waals surface area (Å²) in [6.07, 6.45) is 1.06. The number of nitrogens with one attached hydrogen (secondary N) is 1. The van der Waals surface area contributed by atoms with Crippen molar-refractivity contribution in [3.63, 3.8) is 0 Å². The van der Waals surface area contributed by atoms with E-state index in [4.69, 9.17) is 11.6 Å². The van der Waals surface area contributed by atoms with Crippen molar-refractivity contribution in [1.29, 1.82) is 0 Å². The van der Waals surface area contributed by atoms with E-state index in [1.165, 1.54) is 0 Å². The average Bonchev–Trinajstić information content (AvgIpc) is 2.35. The molecule has 2 nitrogen and oxygen atoms in total. The lowest BCUT2D eigenvalue weighted by Crippen LogP contribution is -2.48. The lowest BCUT2D eigenvalue weighted by molar-refractivity contribution is 0.192. The maximum Gasteiger partial charge on any atom is 0.0618 e. The zero-order valence-corrected chi connectivity index (χ0v) is 11.9. The topological polar surface area (TPSA) is 32.3 Å². The van der Waals surface area contributed by atoms with Gasteiger partial charge in [0.1, 0.15) is 0 Å². The Bertz CT molecular complexity index is 348. The minimum atomic E-state index is -0.250. The summed E-state index contributed by atoms with van der Waals surface area (Å²) >= 11 is 7.77.